The van der Waals surface area contributed by atoms with E-state index in [1.165, 1.54) is 18.4 Å². The van der Waals surface area contributed by atoms with Crippen molar-refractivity contribution < 1.29 is 22.7 Å². The lowest BCUT2D eigenvalue weighted by Gasteiger charge is -2.03. The summed E-state index contributed by atoms with van der Waals surface area (Å²) >= 11 is 2.33. The van der Waals surface area contributed by atoms with Crippen LogP contribution in [0.2, 0.25) is 0 Å². The second kappa shape index (κ2) is 7.52. The average Bonchev–Trinajstić information content (AvgIpc) is 3.14. The summed E-state index contributed by atoms with van der Waals surface area (Å²) in [5, 5.41) is 4.92. The van der Waals surface area contributed by atoms with Crippen LogP contribution in [0, 0.1) is 24.4 Å². The van der Waals surface area contributed by atoms with Gasteiger partial charge in [0.2, 0.25) is 0 Å². The molecule has 0 radical (unpaired) electrons. The van der Waals surface area contributed by atoms with Crippen molar-refractivity contribution in [2.45, 2.75) is 13.5 Å². The van der Waals surface area contributed by atoms with Crippen LogP contribution in [0.4, 0.5) is 18.3 Å². The zero-order chi connectivity index (χ0) is 18.8. The molecular formula is C16H12F3N3O2S2. The molecule has 0 aliphatic heterocycles. The normalized spacial score (nSPS) is 11.0. The second-order valence-electron chi connectivity index (χ2n) is 5.18. The number of hydrogen-bond donors (Lipinski definition) is 1. The number of ether oxygens (including phenoxy) is 1. The maximum Gasteiger partial charge on any atom is 0.276 e. The highest BCUT2D eigenvalue weighted by molar-refractivity contribution is 7.16. The first-order chi connectivity index (χ1) is 12.4. The number of amides is 1. The molecule has 136 valence electrons. The molecule has 0 atom stereocenters. The number of hydrogen-bond acceptors (Lipinski definition) is 6. The highest BCUT2D eigenvalue weighted by Crippen LogP contribution is 2.34. The molecule has 2 aromatic heterocycles. The molecule has 3 rings (SSSR count). The SMILES string of the molecule is COCc1nc(C(=O)Nc2nc(-c3c(F)cc(F)cc3F)c(C)s2)cs1. The van der Waals surface area contributed by atoms with Crippen molar-refractivity contribution in [1.29, 1.82) is 0 Å². The van der Waals surface area contributed by atoms with Crippen LogP contribution >= 0.6 is 22.7 Å². The summed E-state index contributed by atoms with van der Waals surface area (Å²) < 4.78 is 46.0. The van der Waals surface area contributed by atoms with Crippen LogP contribution in [-0.4, -0.2) is 23.0 Å². The molecule has 0 bridgehead atoms. The molecule has 10 heteroatoms. The van der Waals surface area contributed by atoms with Crippen molar-refractivity contribution in [1.82, 2.24) is 9.97 Å². The molecule has 3 aromatic rings. The first kappa shape index (κ1) is 18.5. The Labute approximate surface area is 154 Å². The van der Waals surface area contributed by atoms with Crippen molar-refractivity contribution in [2.75, 3.05) is 12.4 Å². The number of carbonyl (C=O) groups excluding carboxylic acids is 1. The van der Waals surface area contributed by atoms with E-state index in [1.54, 1.807) is 12.3 Å². The quantitative estimate of drug-likeness (QED) is 0.691. The van der Waals surface area contributed by atoms with Gasteiger partial charge in [0.25, 0.3) is 5.91 Å². The van der Waals surface area contributed by atoms with Gasteiger partial charge >= 0.3 is 0 Å². The molecule has 5 nitrogen and oxygen atoms in total. The molecule has 0 unspecified atom stereocenters. The number of nitrogens with one attached hydrogen (secondary N) is 1. The Morgan fingerprint density at radius 3 is 2.58 bits per heavy atom. The van der Waals surface area contributed by atoms with E-state index in [4.69, 9.17) is 4.74 Å². The summed E-state index contributed by atoms with van der Waals surface area (Å²) in [6, 6.07) is 1.17. The summed E-state index contributed by atoms with van der Waals surface area (Å²) in [6.07, 6.45) is 0. The van der Waals surface area contributed by atoms with Gasteiger partial charge in [-0.15, -0.1) is 22.7 Å². The van der Waals surface area contributed by atoms with Crippen molar-refractivity contribution >= 4 is 33.7 Å². The molecular weight excluding hydrogens is 387 g/mol. The molecule has 1 aromatic carbocycles. The number of aromatic nitrogens is 2. The average molecular weight is 399 g/mol. The smallest absolute Gasteiger partial charge is 0.276 e. The maximum absolute atomic E-state index is 14.0. The van der Waals surface area contributed by atoms with Gasteiger partial charge in [-0.25, -0.2) is 23.1 Å². The molecule has 0 spiro atoms. The summed E-state index contributed by atoms with van der Waals surface area (Å²) in [5.74, 6) is -3.63. The highest BCUT2D eigenvalue weighted by Gasteiger charge is 2.21. The number of anilines is 1. The molecule has 2 heterocycles. The lowest BCUT2D eigenvalue weighted by Crippen LogP contribution is -2.12. The standard InChI is InChI=1S/C16H12F3N3O2S2/c1-7-14(13-9(18)3-8(17)4-10(13)19)21-16(26-7)22-15(23)11-6-25-12(20-11)5-24-2/h3-4,6H,5H2,1-2H3,(H,21,22,23). The monoisotopic (exact) mass is 399 g/mol. The molecule has 26 heavy (non-hydrogen) atoms. The molecule has 1 amide bonds. The topological polar surface area (TPSA) is 64.1 Å². The minimum Gasteiger partial charge on any atom is -0.378 e. The Morgan fingerprint density at radius 1 is 1.23 bits per heavy atom. The minimum absolute atomic E-state index is 0.0126. The van der Waals surface area contributed by atoms with Crippen LogP contribution < -0.4 is 5.32 Å². The molecule has 0 saturated heterocycles. The summed E-state index contributed by atoms with van der Waals surface area (Å²) in [7, 11) is 1.52. The number of halogens is 3. The van der Waals surface area contributed by atoms with Gasteiger partial charge in [0.05, 0.1) is 17.9 Å². The number of carbonyl (C=O) groups is 1. The minimum atomic E-state index is -1.06. The number of benzene rings is 1. The van der Waals surface area contributed by atoms with Crippen LogP contribution in [0.5, 0.6) is 0 Å². The molecule has 0 saturated carbocycles. The van der Waals surface area contributed by atoms with Crippen molar-refractivity contribution in [3.05, 3.63) is 50.5 Å². The van der Waals surface area contributed by atoms with Gasteiger partial charge in [0, 0.05) is 29.5 Å². The highest BCUT2D eigenvalue weighted by atomic mass is 32.1. The first-order valence-corrected chi connectivity index (χ1v) is 8.95. The predicted molar refractivity (Wildman–Crippen MR) is 92.9 cm³/mol. The van der Waals surface area contributed by atoms with Crippen LogP contribution in [0.1, 0.15) is 20.4 Å². The van der Waals surface area contributed by atoms with E-state index in [2.05, 4.69) is 15.3 Å². The lowest BCUT2D eigenvalue weighted by atomic mass is 10.1. The van der Waals surface area contributed by atoms with E-state index in [9.17, 15) is 18.0 Å². The number of rotatable bonds is 5. The van der Waals surface area contributed by atoms with Crippen molar-refractivity contribution in [3.63, 3.8) is 0 Å². The third-order valence-electron chi connectivity index (χ3n) is 3.31. The largest absolute Gasteiger partial charge is 0.378 e. The molecule has 0 fully saturated rings. The molecule has 1 N–H and O–H groups in total. The van der Waals surface area contributed by atoms with Crippen LogP contribution in [0.3, 0.4) is 0 Å². The van der Waals surface area contributed by atoms with Crippen LogP contribution in [0.25, 0.3) is 11.3 Å². The zero-order valence-corrected chi connectivity index (χ0v) is 15.2. The Hall–Kier alpha value is -2.30. The first-order valence-electron chi connectivity index (χ1n) is 7.26. The Bertz CT molecular complexity index is 949. The number of thiazole rings is 2. The van der Waals surface area contributed by atoms with E-state index in [1.807, 2.05) is 0 Å². The van der Waals surface area contributed by atoms with Gasteiger partial charge < -0.3 is 4.74 Å². The number of methoxy groups -OCH3 is 1. The number of aryl methyl sites for hydroxylation is 1. The van der Waals surface area contributed by atoms with Gasteiger partial charge in [0.15, 0.2) is 5.13 Å². The third kappa shape index (κ3) is 3.76. The van der Waals surface area contributed by atoms with Gasteiger partial charge in [-0.3, -0.25) is 10.1 Å². The summed E-state index contributed by atoms with van der Waals surface area (Å²) in [4.78, 5) is 20.9. The zero-order valence-electron chi connectivity index (χ0n) is 13.6. The maximum atomic E-state index is 14.0. The van der Waals surface area contributed by atoms with E-state index in [0.717, 1.165) is 11.3 Å². The molecule has 0 aliphatic carbocycles. The van der Waals surface area contributed by atoms with E-state index >= 15 is 0 Å². The fourth-order valence-electron chi connectivity index (χ4n) is 2.22. The van der Waals surface area contributed by atoms with Gasteiger partial charge in [-0.05, 0) is 6.92 Å². The predicted octanol–water partition coefficient (Wildman–Crippen LogP) is 4.39. The summed E-state index contributed by atoms with van der Waals surface area (Å²) in [5.41, 5.74) is -0.231. The van der Waals surface area contributed by atoms with Crippen molar-refractivity contribution in [2.24, 2.45) is 0 Å². The Balaban J connectivity index is 1.85. The van der Waals surface area contributed by atoms with Gasteiger partial charge in [0.1, 0.15) is 28.2 Å². The van der Waals surface area contributed by atoms with Gasteiger partial charge in [-0.1, -0.05) is 0 Å². The van der Waals surface area contributed by atoms with Gasteiger partial charge in [-0.2, -0.15) is 0 Å². The number of nitrogens with zero attached hydrogens (tertiary/aromatic N) is 2. The van der Waals surface area contributed by atoms with E-state index < -0.39 is 28.9 Å². The van der Waals surface area contributed by atoms with E-state index in [0.29, 0.717) is 28.6 Å². The van der Waals surface area contributed by atoms with Crippen LogP contribution in [-0.2, 0) is 11.3 Å². The Morgan fingerprint density at radius 2 is 1.92 bits per heavy atom. The van der Waals surface area contributed by atoms with Crippen LogP contribution in [0.15, 0.2) is 17.5 Å². The Kier molecular flexibility index (Phi) is 5.35. The van der Waals surface area contributed by atoms with Crippen molar-refractivity contribution in [3.8, 4) is 11.3 Å². The fraction of sp³-hybridized carbons (Fsp3) is 0.188. The van der Waals surface area contributed by atoms with E-state index in [-0.39, 0.29) is 16.5 Å². The summed E-state index contributed by atoms with van der Waals surface area (Å²) in [6.45, 7) is 1.89. The third-order valence-corrected chi connectivity index (χ3v) is 5.02. The molecule has 0 aliphatic rings. The second-order valence-corrected chi connectivity index (χ2v) is 7.33. The fourth-order valence-corrected chi connectivity index (χ4v) is 3.78. The lowest BCUT2D eigenvalue weighted by molar-refractivity contribution is 0.102.